The quantitative estimate of drug-likeness (QED) is 0.355. The minimum Gasteiger partial charge on any atom is -0.378 e. The second kappa shape index (κ2) is 9.41. The van der Waals surface area contributed by atoms with Crippen molar-refractivity contribution in [1.29, 1.82) is 0 Å². The van der Waals surface area contributed by atoms with E-state index in [2.05, 4.69) is 41.7 Å². The van der Waals surface area contributed by atoms with Gasteiger partial charge in [0.1, 0.15) is 0 Å². The summed E-state index contributed by atoms with van der Waals surface area (Å²) in [6.45, 7) is 14.5. The van der Waals surface area contributed by atoms with Crippen molar-refractivity contribution in [3.05, 3.63) is 0 Å². The highest BCUT2D eigenvalue weighted by atomic mass is 16.5. The van der Waals surface area contributed by atoms with Gasteiger partial charge in [0.05, 0.1) is 6.10 Å². The van der Waals surface area contributed by atoms with Gasteiger partial charge in [0.15, 0.2) is 5.96 Å². The summed E-state index contributed by atoms with van der Waals surface area (Å²) < 4.78 is 5.99. The van der Waals surface area contributed by atoms with E-state index in [9.17, 15) is 4.79 Å². The highest BCUT2D eigenvalue weighted by molar-refractivity contribution is 5.82. The van der Waals surface area contributed by atoms with Crippen molar-refractivity contribution < 1.29 is 9.53 Å². The molecule has 0 spiro atoms. The Labute approximate surface area is 153 Å². The SMILES string of the molecule is CCCCOC1CC(NC(=NC)NCCNC(=O)C(C)(C)C)C1(C)C. The van der Waals surface area contributed by atoms with E-state index in [1.165, 1.54) is 0 Å². The van der Waals surface area contributed by atoms with Crippen LogP contribution in [-0.2, 0) is 9.53 Å². The molecule has 3 N–H and O–H groups in total. The molecule has 0 bridgehead atoms. The maximum Gasteiger partial charge on any atom is 0.225 e. The monoisotopic (exact) mass is 354 g/mol. The second-order valence-electron chi connectivity index (χ2n) is 8.47. The molecule has 0 aromatic rings. The third kappa shape index (κ3) is 6.49. The van der Waals surface area contributed by atoms with Gasteiger partial charge in [-0.2, -0.15) is 0 Å². The molecule has 6 nitrogen and oxygen atoms in total. The number of amides is 1. The average molecular weight is 355 g/mol. The fraction of sp³-hybridized carbons (Fsp3) is 0.895. The number of nitrogens with one attached hydrogen (secondary N) is 3. The van der Waals surface area contributed by atoms with Crippen LogP contribution in [0, 0.1) is 10.8 Å². The molecule has 2 unspecified atom stereocenters. The summed E-state index contributed by atoms with van der Waals surface area (Å²) in [5.74, 6) is 0.833. The van der Waals surface area contributed by atoms with E-state index in [0.717, 1.165) is 31.8 Å². The predicted molar refractivity (Wildman–Crippen MR) is 104 cm³/mol. The van der Waals surface area contributed by atoms with Gasteiger partial charge in [-0.05, 0) is 12.8 Å². The van der Waals surface area contributed by atoms with Crippen molar-refractivity contribution >= 4 is 11.9 Å². The molecule has 6 heteroatoms. The van der Waals surface area contributed by atoms with Gasteiger partial charge in [0.2, 0.25) is 5.91 Å². The molecule has 0 saturated heterocycles. The fourth-order valence-electron chi connectivity index (χ4n) is 2.76. The topological polar surface area (TPSA) is 74.8 Å². The van der Waals surface area contributed by atoms with E-state index in [1.54, 1.807) is 7.05 Å². The number of hydrogen-bond donors (Lipinski definition) is 3. The summed E-state index contributed by atoms with van der Waals surface area (Å²) in [4.78, 5) is 16.1. The summed E-state index contributed by atoms with van der Waals surface area (Å²) in [6, 6.07) is 0.342. The maximum atomic E-state index is 11.8. The molecule has 0 heterocycles. The van der Waals surface area contributed by atoms with Gasteiger partial charge in [-0.25, -0.2) is 0 Å². The molecule has 1 saturated carbocycles. The van der Waals surface area contributed by atoms with Crippen LogP contribution < -0.4 is 16.0 Å². The number of hydrogen-bond acceptors (Lipinski definition) is 3. The standard InChI is InChI=1S/C19H38N4O2/c1-8-9-12-25-15-13-14(19(15,5)6)23-17(20-7)22-11-10-21-16(24)18(2,3)4/h14-15H,8-13H2,1-7H3,(H,21,24)(H2,20,22,23). The van der Waals surface area contributed by atoms with E-state index in [1.807, 2.05) is 20.8 Å². The molecule has 0 aliphatic heterocycles. The third-order valence-electron chi connectivity index (χ3n) is 4.91. The van der Waals surface area contributed by atoms with Crippen LogP contribution >= 0.6 is 0 Å². The van der Waals surface area contributed by atoms with E-state index in [0.29, 0.717) is 25.2 Å². The van der Waals surface area contributed by atoms with E-state index in [4.69, 9.17) is 4.74 Å². The van der Waals surface area contributed by atoms with Gasteiger partial charge in [0, 0.05) is 43.6 Å². The summed E-state index contributed by atoms with van der Waals surface area (Å²) in [7, 11) is 1.77. The van der Waals surface area contributed by atoms with Crippen LogP contribution in [0.1, 0.15) is 60.8 Å². The van der Waals surface area contributed by atoms with Crippen LogP contribution in [0.2, 0.25) is 0 Å². The number of ether oxygens (including phenoxy) is 1. The number of aliphatic imine (C=N–C) groups is 1. The molecule has 1 amide bonds. The average Bonchev–Trinajstić information content (AvgIpc) is 2.54. The first-order valence-corrected chi connectivity index (χ1v) is 9.50. The molecule has 1 aliphatic carbocycles. The first kappa shape index (κ1) is 21.7. The molecule has 146 valence electrons. The van der Waals surface area contributed by atoms with Crippen molar-refractivity contribution in [3.8, 4) is 0 Å². The maximum absolute atomic E-state index is 11.8. The Morgan fingerprint density at radius 2 is 1.88 bits per heavy atom. The lowest BCUT2D eigenvalue weighted by Crippen LogP contribution is -2.63. The second-order valence-corrected chi connectivity index (χ2v) is 8.47. The molecule has 0 aromatic heterocycles. The van der Waals surface area contributed by atoms with E-state index in [-0.39, 0.29) is 16.7 Å². The zero-order valence-electron chi connectivity index (χ0n) is 17.2. The first-order valence-electron chi connectivity index (χ1n) is 9.50. The lowest BCUT2D eigenvalue weighted by atomic mass is 9.64. The van der Waals surface area contributed by atoms with Gasteiger partial charge in [-0.15, -0.1) is 0 Å². The van der Waals surface area contributed by atoms with Gasteiger partial charge >= 0.3 is 0 Å². The van der Waals surface area contributed by atoms with Crippen LogP contribution in [0.5, 0.6) is 0 Å². The molecule has 0 aromatic carbocycles. The zero-order valence-corrected chi connectivity index (χ0v) is 17.2. The number of guanidine groups is 1. The van der Waals surface area contributed by atoms with Crippen molar-refractivity contribution in [2.75, 3.05) is 26.7 Å². The summed E-state index contributed by atoms with van der Waals surface area (Å²) in [5, 5.41) is 9.67. The Morgan fingerprint density at radius 1 is 1.24 bits per heavy atom. The molecule has 1 rings (SSSR count). The molecule has 25 heavy (non-hydrogen) atoms. The first-order chi connectivity index (χ1) is 11.6. The highest BCUT2D eigenvalue weighted by Gasteiger charge is 2.49. The van der Waals surface area contributed by atoms with E-state index >= 15 is 0 Å². The molecular weight excluding hydrogens is 316 g/mol. The number of carbonyl (C=O) groups excluding carboxylic acids is 1. The summed E-state index contributed by atoms with van der Waals surface area (Å²) in [5.41, 5.74) is -0.269. The highest BCUT2D eigenvalue weighted by Crippen LogP contribution is 2.42. The number of unbranched alkanes of at least 4 members (excludes halogenated alkanes) is 1. The van der Waals surface area contributed by atoms with Crippen LogP contribution in [0.4, 0.5) is 0 Å². The van der Waals surface area contributed by atoms with Crippen molar-refractivity contribution in [2.24, 2.45) is 15.8 Å². The molecule has 1 fully saturated rings. The Hall–Kier alpha value is -1.30. The molecular formula is C19H38N4O2. The van der Waals surface area contributed by atoms with Crippen LogP contribution in [0.25, 0.3) is 0 Å². The lowest BCUT2D eigenvalue weighted by molar-refractivity contribution is -0.128. The predicted octanol–water partition coefficient (Wildman–Crippen LogP) is 2.30. The third-order valence-corrected chi connectivity index (χ3v) is 4.91. The van der Waals surface area contributed by atoms with Crippen molar-refractivity contribution in [2.45, 2.75) is 73.0 Å². The van der Waals surface area contributed by atoms with Gasteiger partial charge in [-0.1, -0.05) is 48.0 Å². The number of rotatable bonds is 8. The van der Waals surface area contributed by atoms with Gasteiger partial charge in [0.25, 0.3) is 0 Å². The van der Waals surface area contributed by atoms with Gasteiger partial charge in [-0.3, -0.25) is 9.79 Å². The lowest BCUT2D eigenvalue weighted by Gasteiger charge is -2.52. The molecule has 0 radical (unpaired) electrons. The number of carbonyl (C=O) groups is 1. The Balaban J connectivity index is 2.32. The summed E-state index contributed by atoms with van der Waals surface area (Å²) >= 11 is 0. The molecule has 2 atom stereocenters. The zero-order chi connectivity index (χ0) is 19.1. The Bertz CT molecular complexity index is 455. The minimum atomic E-state index is -0.358. The van der Waals surface area contributed by atoms with E-state index < -0.39 is 0 Å². The fourth-order valence-corrected chi connectivity index (χ4v) is 2.76. The Morgan fingerprint density at radius 3 is 2.40 bits per heavy atom. The van der Waals surface area contributed by atoms with Crippen molar-refractivity contribution in [1.82, 2.24) is 16.0 Å². The minimum absolute atomic E-state index is 0.0597. The van der Waals surface area contributed by atoms with Crippen LogP contribution in [0.3, 0.4) is 0 Å². The van der Waals surface area contributed by atoms with Crippen molar-refractivity contribution in [3.63, 3.8) is 0 Å². The van der Waals surface area contributed by atoms with Gasteiger partial charge < -0.3 is 20.7 Å². The van der Waals surface area contributed by atoms with Crippen LogP contribution in [-0.4, -0.2) is 50.8 Å². The Kier molecular flexibility index (Phi) is 8.19. The largest absolute Gasteiger partial charge is 0.378 e. The molecule has 1 aliphatic rings. The normalized spacial score (nSPS) is 22.9. The summed E-state index contributed by atoms with van der Waals surface area (Å²) in [6.07, 6.45) is 3.59. The van der Waals surface area contributed by atoms with Crippen LogP contribution in [0.15, 0.2) is 4.99 Å². The smallest absolute Gasteiger partial charge is 0.225 e. The number of nitrogens with zero attached hydrogens (tertiary/aromatic N) is 1.